The summed E-state index contributed by atoms with van der Waals surface area (Å²) < 4.78 is 24.7. The maximum absolute atomic E-state index is 12.3. The van der Waals surface area contributed by atoms with Crippen molar-refractivity contribution in [3.63, 3.8) is 0 Å². The highest BCUT2D eigenvalue weighted by Crippen LogP contribution is 2.29. The van der Waals surface area contributed by atoms with Crippen molar-refractivity contribution in [2.24, 2.45) is 0 Å². The van der Waals surface area contributed by atoms with Crippen LogP contribution in [0, 0.1) is 11.3 Å². The first-order chi connectivity index (χ1) is 6.99. The Balaban J connectivity index is 3.56. The van der Waals surface area contributed by atoms with Gasteiger partial charge in [0, 0.05) is 0 Å². The number of aromatic hydroxyl groups is 1. The Labute approximate surface area is 87.7 Å². The normalized spacial score (nSPS) is 10.1. The van der Waals surface area contributed by atoms with Crippen LogP contribution in [-0.2, 0) is 0 Å². The van der Waals surface area contributed by atoms with Gasteiger partial charge in [0.15, 0.2) is 0 Å². The summed E-state index contributed by atoms with van der Waals surface area (Å²) in [5.74, 6) is -0.698. The first-order valence-electron chi connectivity index (χ1n) is 3.59. The van der Waals surface area contributed by atoms with Crippen LogP contribution in [0.2, 0.25) is 0 Å². The highest BCUT2D eigenvalue weighted by Gasteiger charge is 2.23. The minimum absolute atomic E-state index is 0.649. The molecule has 15 heavy (non-hydrogen) atoms. The Morgan fingerprint density at radius 1 is 1.67 bits per heavy atom. The van der Waals surface area contributed by atoms with E-state index >= 15 is 0 Å². The monoisotopic (exact) mass is 232 g/mol. The van der Waals surface area contributed by atoms with Crippen molar-refractivity contribution < 1.29 is 18.7 Å². The van der Waals surface area contributed by atoms with Crippen molar-refractivity contribution in [2.45, 2.75) is 6.43 Å². The molecule has 0 saturated carbocycles. The molecule has 7 heteroatoms. The van der Waals surface area contributed by atoms with Gasteiger partial charge in [0.25, 0.3) is 11.7 Å². The fraction of sp³-hybridized carbons (Fsp3) is 0.125. The molecule has 0 bridgehead atoms. The van der Waals surface area contributed by atoms with Crippen molar-refractivity contribution in [3.8, 4) is 11.8 Å². The number of hydrogen-bond donors (Lipinski definition) is 1. The third-order valence-electron chi connectivity index (χ3n) is 1.60. The molecular formula is C8H3ClF2N2O2. The highest BCUT2D eigenvalue weighted by molar-refractivity contribution is 6.68. The zero-order chi connectivity index (χ0) is 11.6. The second-order valence-electron chi connectivity index (χ2n) is 2.46. The molecule has 1 heterocycles. The standard InChI is InChI=1S/C8H3ClF2N2O2/c9-7(15)5-3(1-12)6(8(10)11)13-2-4(5)14/h2,8,14H. The van der Waals surface area contributed by atoms with Crippen molar-refractivity contribution >= 4 is 16.8 Å². The van der Waals surface area contributed by atoms with Gasteiger partial charge >= 0.3 is 0 Å². The average Bonchev–Trinajstić information content (AvgIpc) is 2.15. The number of pyridine rings is 1. The Bertz CT molecular complexity index is 457. The molecule has 0 aromatic carbocycles. The van der Waals surface area contributed by atoms with Crippen molar-refractivity contribution in [2.75, 3.05) is 0 Å². The number of rotatable bonds is 2. The van der Waals surface area contributed by atoms with Gasteiger partial charge in [-0.15, -0.1) is 0 Å². The lowest BCUT2D eigenvalue weighted by Crippen LogP contribution is -2.03. The van der Waals surface area contributed by atoms with E-state index < -0.39 is 34.2 Å². The molecule has 78 valence electrons. The molecule has 0 aliphatic rings. The Kier molecular flexibility index (Phi) is 3.17. The molecular weight excluding hydrogens is 230 g/mol. The zero-order valence-electron chi connectivity index (χ0n) is 7.04. The van der Waals surface area contributed by atoms with Crippen LogP contribution in [0.15, 0.2) is 6.20 Å². The van der Waals surface area contributed by atoms with Gasteiger partial charge in [-0.05, 0) is 11.6 Å². The molecule has 0 aliphatic carbocycles. The fourth-order valence-corrected chi connectivity index (χ4v) is 1.18. The number of aromatic nitrogens is 1. The van der Waals surface area contributed by atoms with E-state index in [0.29, 0.717) is 6.20 Å². The highest BCUT2D eigenvalue weighted by atomic mass is 35.5. The summed E-state index contributed by atoms with van der Waals surface area (Å²) in [6, 6.07) is 1.36. The van der Waals surface area contributed by atoms with Gasteiger partial charge in [-0.2, -0.15) is 5.26 Å². The number of nitriles is 1. The van der Waals surface area contributed by atoms with Crippen LogP contribution in [0.1, 0.15) is 28.0 Å². The minimum atomic E-state index is -3.02. The molecule has 0 atom stereocenters. The van der Waals surface area contributed by atoms with Crippen LogP contribution in [0.25, 0.3) is 0 Å². The minimum Gasteiger partial charge on any atom is -0.505 e. The summed E-state index contributed by atoms with van der Waals surface area (Å²) in [6.07, 6.45) is -2.37. The Morgan fingerprint density at radius 2 is 2.27 bits per heavy atom. The van der Waals surface area contributed by atoms with Crippen LogP contribution in [0.4, 0.5) is 8.78 Å². The first-order valence-corrected chi connectivity index (χ1v) is 3.96. The van der Waals surface area contributed by atoms with E-state index in [4.69, 9.17) is 22.0 Å². The molecule has 0 aliphatic heterocycles. The van der Waals surface area contributed by atoms with Crippen LogP contribution < -0.4 is 0 Å². The van der Waals surface area contributed by atoms with E-state index in [1.807, 2.05) is 0 Å². The second kappa shape index (κ2) is 4.19. The van der Waals surface area contributed by atoms with E-state index in [-0.39, 0.29) is 0 Å². The fourth-order valence-electron chi connectivity index (χ4n) is 0.994. The van der Waals surface area contributed by atoms with Gasteiger partial charge in [-0.3, -0.25) is 4.79 Å². The summed E-state index contributed by atoms with van der Waals surface area (Å²) in [4.78, 5) is 14.0. The average molecular weight is 233 g/mol. The number of alkyl halides is 2. The summed E-state index contributed by atoms with van der Waals surface area (Å²) in [5.41, 5.74) is -2.23. The topological polar surface area (TPSA) is 74.0 Å². The summed E-state index contributed by atoms with van der Waals surface area (Å²) >= 11 is 5.05. The van der Waals surface area contributed by atoms with E-state index in [1.54, 1.807) is 0 Å². The SMILES string of the molecule is N#Cc1c(C(F)F)ncc(O)c1C(=O)Cl. The van der Waals surface area contributed by atoms with E-state index in [1.165, 1.54) is 6.07 Å². The molecule has 4 nitrogen and oxygen atoms in total. The number of carbonyl (C=O) groups is 1. The maximum atomic E-state index is 12.3. The van der Waals surface area contributed by atoms with Crippen molar-refractivity contribution in [1.82, 2.24) is 4.98 Å². The molecule has 0 spiro atoms. The first kappa shape index (κ1) is 11.3. The van der Waals surface area contributed by atoms with Crippen LogP contribution in [0.5, 0.6) is 5.75 Å². The summed E-state index contributed by atoms with van der Waals surface area (Å²) in [7, 11) is 0. The number of hydrogen-bond acceptors (Lipinski definition) is 4. The quantitative estimate of drug-likeness (QED) is 0.791. The van der Waals surface area contributed by atoms with E-state index in [9.17, 15) is 13.6 Å². The van der Waals surface area contributed by atoms with Crippen molar-refractivity contribution in [3.05, 3.63) is 23.0 Å². The molecule has 0 unspecified atom stereocenters. The maximum Gasteiger partial charge on any atom is 0.281 e. The smallest absolute Gasteiger partial charge is 0.281 e. The summed E-state index contributed by atoms with van der Waals surface area (Å²) in [6.45, 7) is 0. The molecule has 0 radical (unpaired) electrons. The lowest BCUT2D eigenvalue weighted by molar-refractivity contribution is 0.107. The lowest BCUT2D eigenvalue weighted by Gasteiger charge is -2.06. The van der Waals surface area contributed by atoms with Crippen molar-refractivity contribution in [1.29, 1.82) is 5.26 Å². The molecule has 0 amide bonds. The number of carbonyl (C=O) groups excluding carboxylic acids is 1. The molecule has 1 rings (SSSR count). The Hall–Kier alpha value is -1.74. The summed E-state index contributed by atoms with van der Waals surface area (Å²) in [5, 5.41) is 16.5. The van der Waals surface area contributed by atoms with E-state index in [0.717, 1.165) is 0 Å². The third kappa shape index (κ3) is 2.02. The predicted molar refractivity (Wildman–Crippen MR) is 45.8 cm³/mol. The third-order valence-corrected chi connectivity index (χ3v) is 1.79. The largest absolute Gasteiger partial charge is 0.505 e. The van der Waals surface area contributed by atoms with Gasteiger partial charge in [0.05, 0.1) is 17.3 Å². The van der Waals surface area contributed by atoms with Gasteiger partial charge in [-0.1, -0.05) is 0 Å². The van der Waals surface area contributed by atoms with Crippen LogP contribution in [-0.4, -0.2) is 15.3 Å². The van der Waals surface area contributed by atoms with Gasteiger partial charge in [0.2, 0.25) is 0 Å². The molecule has 0 fully saturated rings. The predicted octanol–water partition coefficient (Wildman–Crippen LogP) is 1.98. The van der Waals surface area contributed by atoms with Crippen LogP contribution in [0.3, 0.4) is 0 Å². The lowest BCUT2D eigenvalue weighted by atomic mass is 10.1. The van der Waals surface area contributed by atoms with Gasteiger partial charge < -0.3 is 5.11 Å². The van der Waals surface area contributed by atoms with Gasteiger partial charge in [-0.25, -0.2) is 13.8 Å². The Morgan fingerprint density at radius 3 is 2.67 bits per heavy atom. The zero-order valence-corrected chi connectivity index (χ0v) is 7.79. The second-order valence-corrected chi connectivity index (χ2v) is 2.81. The molecule has 1 aromatic heterocycles. The van der Waals surface area contributed by atoms with Gasteiger partial charge in [0.1, 0.15) is 17.5 Å². The van der Waals surface area contributed by atoms with E-state index in [2.05, 4.69) is 4.98 Å². The number of halogens is 3. The van der Waals surface area contributed by atoms with Crippen LogP contribution >= 0.6 is 11.6 Å². The molecule has 0 saturated heterocycles. The number of nitrogens with zero attached hydrogens (tertiary/aromatic N) is 2. The molecule has 1 N–H and O–H groups in total. The molecule has 1 aromatic rings.